The van der Waals surface area contributed by atoms with Crippen molar-refractivity contribution in [2.45, 2.75) is 84.2 Å². The Morgan fingerprint density at radius 1 is 0.746 bits per heavy atom. The summed E-state index contributed by atoms with van der Waals surface area (Å²) >= 11 is 0. The lowest BCUT2D eigenvalue weighted by atomic mass is 9.77. The Bertz CT molecular complexity index is 2770. The summed E-state index contributed by atoms with van der Waals surface area (Å²) in [7, 11) is -3.16. The summed E-state index contributed by atoms with van der Waals surface area (Å²) in [6, 6.07) is 40.4. The zero-order valence-corrected chi connectivity index (χ0v) is 40.9. The third-order valence-corrected chi connectivity index (χ3v) is 13.4. The van der Waals surface area contributed by atoms with Crippen molar-refractivity contribution in [1.82, 2.24) is 5.32 Å². The Hall–Kier alpha value is -5.52. The zero-order valence-electron chi connectivity index (χ0n) is 39.3. The lowest BCUT2D eigenvalue weighted by Crippen LogP contribution is -3.00. The average molecular weight is 959 g/mol. The summed E-state index contributed by atoms with van der Waals surface area (Å²) in [5, 5.41) is 44.8. The van der Waals surface area contributed by atoms with Gasteiger partial charge in [-0.05, 0) is 122 Å². The van der Waals surface area contributed by atoms with Crippen LogP contribution in [-0.4, -0.2) is 57.7 Å². The van der Waals surface area contributed by atoms with Gasteiger partial charge in [0.25, 0.3) is 0 Å². The van der Waals surface area contributed by atoms with Gasteiger partial charge in [0.1, 0.15) is 11.5 Å². The summed E-state index contributed by atoms with van der Waals surface area (Å²) in [4.78, 5) is 2.31. The number of fused-ring (bicyclic) bond motifs is 2. The van der Waals surface area contributed by atoms with Crippen molar-refractivity contribution in [3.8, 4) is 5.75 Å². The van der Waals surface area contributed by atoms with Gasteiger partial charge in [0.05, 0.1) is 5.41 Å². The van der Waals surface area contributed by atoms with E-state index < -0.39 is 14.2 Å². The van der Waals surface area contributed by atoms with Crippen LogP contribution in [0.5, 0.6) is 5.75 Å². The van der Waals surface area contributed by atoms with E-state index in [0.717, 1.165) is 101 Å². The number of benzene rings is 5. The van der Waals surface area contributed by atoms with E-state index >= 15 is 0 Å². The minimum atomic E-state index is -1.58. The van der Waals surface area contributed by atoms with Gasteiger partial charge in [-0.25, -0.2) is 0 Å². The molecule has 67 heavy (non-hydrogen) atoms. The van der Waals surface area contributed by atoms with Crippen LogP contribution in [0.4, 0.5) is 11.4 Å². The van der Waals surface area contributed by atoms with E-state index in [2.05, 4.69) is 146 Å². The predicted molar refractivity (Wildman–Crippen MR) is 271 cm³/mol. The van der Waals surface area contributed by atoms with Gasteiger partial charge in [-0.2, -0.15) is 4.58 Å². The van der Waals surface area contributed by atoms with E-state index in [1.165, 1.54) is 16.7 Å². The van der Waals surface area contributed by atoms with Gasteiger partial charge in [-0.1, -0.05) is 129 Å². The van der Waals surface area contributed by atoms with Crippen molar-refractivity contribution >= 4 is 42.2 Å². The van der Waals surface area contributed by atoms with Gasteiger partial charge in [0, 0.05) is 53.2 Å². The topological polar surface area (TPSA) is 108 Å². The first kappa shape index (κ1) is 49.4. The number of nitrogens with zero attached hydrogens (tertiary/aromatic N) is 2. The van der Waals surface area contributed by atoms with Gasteiger partial charge >= 0.3 is 14.2 Å². The van der Waals surface area contributed by atoms with Crippen LogP contribution in [0.25, 0.3) is 0 Å². The Morgan fingerprint density at radius 2 is 1.37 bits per heavy atom. The second kappa shape index (κ2) is 21.2. The second-order valence-electron chi connectivity index (χ2n) is 18.9. The fraction of sp³-hybridized carbons (Fsp3) is 0.268. The molecule has 3 aliphatic rings. The molecular weight excluding hydrogens is 896 g/mol. The van der Waals surface area contributed by atoms with Crippen LogP contribution >= 0.6 is 0 Å². The van der Waals surface area contributed by atoms with Crippen LogP contribution in [0.3, 0.4) is 0 Å². The molecule has 2 heterocycles. The SMILES string of the molecule is C=C(C)CNCCc1ccc(OC2=C(C=CC3=[N+](Cc4ccccc4B(O)O)c4ccccc4C3(C)C)CCCC2=CC=C2N(Cc3ccccc3B(O)O)c3ccccc3C2(C)C)cc1.[Br-]. The number of halogens is 1. The largest absolute Gasteiger partial charge is 1.00 e. The van der Waals surface area contributed by atoms with E-state index in [1.807, 2.05) is 43.3 Å². The summed E-state index contributed by atoms with van der Waals surface area (Å²) in [6.45, 7) is 17.7. The van der Waals surface area contributed by atoms with Crippen LogP contribution in [0.2, 0.25) is 0 Å². The highest BCUT2D eigenvalue weighted by Gasteiger charge is 2.45. The van der Waals surface area contributed by atoms with Crippen LogP contribution in [0.1, 0.15) is 81.7 Å². The van der Waals surface area contributed by atoms with Gasteiger partial charge in [0.2, 0.25) is 5.69 Å². The molecule has 0 saturated carbocycles. The van der Waals surface area contributed by atoms with Crippen molar-refractivity contribution in [2.75, 3.05) is 18.0 Å². The highest BCUT2D eigenvalue weighted by molar-refractivity contribution is 6.59. The number of rotatable bonds is 16. The molecule has 0 saturated heterocycles. The summed E-state index contributed by atoms with van der Waals surface area (Å²) < 4.78 is 9.35. The Morgan fingerprint density at radius 3 is 2.07 bits per heavy atom. The minimum absolute atomic E-state index is 0. The van der Waals surface area contributed by atoms with Gasteiger partial charge < -0.3 is 52.0 Å². The smallest absolute Gasteiger partial charge is 0.488 e. The standard InChI is InChI=1S/C56H62B2N3O5.BrH/c1-39(2)36-59-35-34-40-26-30-45(31-27-40)66-54-41(28-32-52-55(3,4)46-20-9-13-24-50(46)60(52)37-43-16-7-11-22-48(43)57(62)63)18-15-19-42(54)29-33-53-56(5,6)47-21-10-14-25-51(47)61(53)38-44-17-8-12-23-49(44)58(64)65;/h7-14,16-17,20-33,59,62-65H,1,15,18-19,34-38H2,2-6H3;1H/q+1;/p-1. The molecular formula is C56H62B2BrN3O5. The molecule has 0 fully saturated rings. The molecule has 0 radical (unpaired) electrons. The molecule has 0 bridgehead atoms. The number of anilines is 1. The van der Waals surface area contributed by atoms with Gasteiger partial charge in [-0.15, -0.1) is 0 Å². The Labute approximate surface area is 408 Å². The van der Waals surface area contributed by atoms with Crippen LogP contribution in [0, 0.1) is 0 Å². The molecule has 5 aromatic carbocycles. The number of hydrogen-bond donors (Lipinski definition) is 5. The zero-order chi connectivity index (χ0) is 46.6. The third kappa shape index (κ3) is 10.6. The normalized spacial score (nSPS) is 17.2. The van der Waals surface area contributed by atoms with E-state index in [1.54, 1.807) is 12.1 Å². The third-order valence-electron chi connectivity index (χ3n) is 13.4. The minimum Gasteiger partial charge on any atom is -1.00 e. The Balaban J connectivity index is 0.00000666. The molecule has 0 unspecified atom stereocenters. The lowest BCUT2D eigenvalue weighted by Gasteiger charge is -2.28. The maximum atomic E-state index is 10.3. The van der Waals surface area contributed by atoms with Crippen LogP contribution in [0.15, 0.2) is 180 Å². The molecule has 11 heteroatoms. The molecule has 0 amide bonds. The molecule has 0 aromatic heterocycles. The molecule has 1 aliphatic carbocycles. The second-order valence-corrected chi connectivity index (χ2v) is 18.9. The van der Waals surface area contributed by atoms with Crippen molar-refractivity contribution < 1.29 is 46.4 Å². The van der Waals surface area contributed by atoms with E-state index in [-0.39, 0.29) is 27.8 Å². The quantitative estimate of drug-likeness (QED) is 0.0400. The number of ether oxygens (including phenoxy) is 1. The van der Waals surface area contributed by atoms with Gasteiger partial charge in [0.15, 0.2) is 12.3 Å². The maximum Gasteiger partial charge on any atom is 0.488 e. The molecule has 2 aliphatic heterocycles. The van der Waals surface area contributed by atoms with E-state index in [4.69, 9.17) is 4.74 Å². The number of para-hydroxylation sites is 2. The molecule has 5 N–H and O–H groups in total. The molecule has 344 valence electrons. The number of allylic oxidation sites excluding steroid dienone is 7. The first-order valence-corrected chi connectivity index (χ1v) is 23.2. The Kier molecular flexibility index (Phi) is 15.6. The molecule has 0 atom stereocenters. The summed E-state index contributed by atoms with van der Waals surface area (Å²) in [5.74, 6) is 1.61. The van der Waals surface area contributed by atoms with Gasteiger partial charge in [-0.3, -0.25) is 0 Å². The molecule has 5 aromatic rings. The molecule has 8 rings (SSSR count). The average Bonchev–Trinajstić information content (AvgIpc) is 3.65. The lowest BCUT2D eigenvalue weighted by molar-refractivity contribution is -0.454. The molecule has 8 nitrogen and oxygen atoms in total. The van der Waals surface area contributed by atoms with E-state index in [9.17, 15) is 20.1 Å². The fourth-order valence-electron chi connectivity index (χ4n) is 9.91. The van der Waals surface area contributed by atoms with Crippen LogP contribution < -0.4 is 42.9 Å². The van der Waals surface area contributed by atoms with E-state index in [0.29, 0.717) is 24.0 Å². The first-order chi connectivity index (χ1) is 31.7. The van der Waals surface area contributed by atoms with Crippen LogP contribution in [-0.2, 0) is 30.3 Å². The first-order valence-electron chi connectivity index (χ1n) is 23.2. The highest BCUT2D eigenvalue weighted by Crippen LogP contribution is 2.49. The van der Waals surface area contributed by atoms with Crippen molar-refractivity contribution in [3.05, 3.63) is 208 Å². The number of nitrogens with one attached hydrogen (secondary N) is 1. The maximum absolute atomic E-state index is 10.3. The predicted octanol–water partition coefficient (Wildman–Crippen LogP) is 5.22. The molecule has 0 spiro atoms. The highest BCUT2D eigenvalue weighted by atomic mass is 79.9. The van der Waals surface area contributed by atoms with Crippen molar-refractivity contribution in [3.63, 3.8) is 0 Å². The summed E-state index contributed by atoms with van der Waals surface area (Å²) in [6.07, 6.45) is 12.4. The fourth-order valence-corrected chi connectivity index (χ4v) is 9.91. The number of hydrogen-bond acceptors (Lipinski definition) is 7. The van der Waals surface area contributed by atoms with Crippen molar-refractivity contribution in [1.29, 1.82) is 0 Å². The monoisotopic (exact) mass is 957 g/mol. The van der Waals surface area contributed by atoms with Crippen molar-refractivity contribution in [2.24, 2.45) is 0 Å². The summed E-state index contributed by atoms with van der Waals surface area (Å²) in [5.41, 5.74) is 13.4.